The summed E-state index contributed by atoms with van der Waals surface area (Å²) < 4.78 is 0. The summed E-state index contributed by atoms with van der Waals surface area (Å²) in [6.45, 7) is 5.53. The van der Waals surface area contributed by atoms with Crippen molar-refractivity contribution in [2.24, 2.45) is 0 Å². The van der Waals surface area contributed by atoms with E-state index in [0.29, 0.717) is 11.3 Å². The first-order valence-electron chi connectivity index (χ1n) is 10.1. The molecule has 7 heteroatoms. The molecule has 0 spiro atoms. The molecule has 3 rings (SSSR count). The van der Waals surface area contributed by atoms with Gasteiger partial charge in [-0.2, -0.15) is 0 Å². The van der Waals surface area contributed by atoms with Crippen LogP contribution < -0.4 is 10.2 Å². The number of hydrogen-bond donors (Lipinski definition) is 4. The summed E-state index contributed by atoms with van der Waals surface area (Å²) in [6.07, 6.45) is 0. The number of anilines is 1. The van der Waals surface area contributed by atoms with Gasteiger partial charge in [0.05, 0.1) is 0 Å². The molecule has 3 aromatic rings. The number of phenolic OH excluding ortho intramolecular Hbond substituents is 3. The van der Waals surface area contributed by atoms with E-state index < -0.39 is 40.6 Å². The van der Waals surface area contributed by atoms with Gasteiger partial charge in [-0.3, -0.25) is 14.5 Å². The normalized spacial score (nSPS) is 12.1. The van der Waals surface area contributed by atoms with Crippen LogP contribution in [0.3, 0.4) is 0 Å². The van der Waals surface area contributed by atoms with Crippen LogP contribution in [0.5, 0.6) is 17.2 Å². The molecular weight excluding hydrogens is 408 g/mol. The largest absolute Gasteiger partial charge is 0.504 e. The van der Waals surface area contributed by atoms with Crippen molar-refractivity contribution in [3.8, 4) is 17.2 Å². The van der Waals surface area contributed by atoms with Crippen LogP contribution in [0.2, 0.25) is 0 Å². The summed E-state index contributed by atoms with van der Waals surface area (Å²) in [4.78, 5) is 28.4. The minimum absolute atomic E-state index is 0.0915. The van der Waals surface area contributed by atoms with Crippen molar-refractivity contribution in [2.75, 3.05) is 4.90 Å². The second kappa shape index (κ2) is 9.01. The molecule has 0 aromatic heterocycles. The third kappa shape index (κ3) is 5.00. The number of hydrogen-bond acceptors (Lipinski definition) is 5. The van der Waals surface area contributed by atoms with Crippen molar-refractivity contribution < 1.29 is 24.9 Å². The highest BCUT2D eigenvalue weighted by atomic mass is 16.3. The van der Waals surface area contributed by atoms with Crippen molar-refractivity contribution in [2.45, 2.75) is 32.4 Å². The van der Waals surface area contributed by atoms with Crippen LogP contribution in [-0.2, 0) is 4.79 Å². The van der Waals surface area contributed by atoms with Gasteiger partial charge >= 0.3 is 0 Å². The van der Waals surface area contributed by atoms with E-state index >= 15 is 0 Å². The third-order valence-corrected chi connectivity index (χ3v) is 4.69. The Labute approximate surface area is 186 Å². The van der Waals surface area contributed by atoms with E-state index in [2.05, 4.69) is 5.32 Å². The van der Waals surface area contributed by atoms with Gasteiger partial charge in [-0.25, -0.2) is 0 Å². The maximum absolute atomic E-state index is 13.7. The lowest BCUT2D eigenvalue weighted by molar-refractivity contribution is -0.123. The zero-order chi connectivity index (χ0) is 23.5. The zero-order valence-electron chi connectivity index (χ0n) is 18.1. The SMILES string of the molecule is CC(C)(C)NC(=O)C(c1ccccc1)N(C(=O)c1cc(O)c(O)c(O)c1)c1ccccc1. The zero-order valence-corrected chi connectivity index (χ0v) is 18.1. The Morgan fingerprint density at radius 3 is 1.84 bits per heavy atom. The predicted octanol–water partition coefficient (Wildman–Crippen LogP) is 4.11. The maximum atomic E-state index is 13.7. The fourth-order valence-electron chi connectivity index (χ4n) is 3.33. The van der Waals surface area contributed by atoms with Crippen LogP contribution in [0.1, 0.15) is 42.7 Å². The van der Waals surface area contributed by atoms with E-state index in [1.807, 2.05) is 26.8 Å². The van der Waals surface area contributed by atoms with Crippen LogP contribution in [0.25, 0.3) is 0 Å². The smallest absolute Gasteiger partial charge is 0.259 e. The lowest BCUT2D eigenvalue weighted by Crippen LogP contribution is -2.49. The van der Waals surface area contributed by atoms with Gasteiger partial charge in [0.1, 0.15) is 6.04 Å². The minimum Gasteiger partial charge on any atom is -0.504 e. The number of phenols is 3. The molecule has 0 radical (unpaired) electrons. The first kappa shape index (κ1) is 22.7. The maximum Gasteiger partial charge on any atom is 0.259 e. The van der Waals surface area contributed by atoms with Gasteiger partial charge in [0, 0.05) is 16.8 Å². The van der Waals surface area contributed by atoms with Crippen molar-refractivity contribution in [3.05, 3.63) is 83.9 Å². The Kier molecular flexibility index (Phi) is 6.39. The van der Waals surface area contributed by atoms with Crippen molar-refractivity contribution in [1.29, 1.82) is 0 Å². The average Bonchev–Trinajstić information content (AvgIpc) is 2.74. The topological polar surface area (TPSA) is 110 Å². The molecule has 0 heterocycles. The molecule has 1 unspecified atom stereocenters. The lowest BCUT2D eigenvalue weighted by Gasteiger charge is -2.34. The van der Waals surface area contributed by atoms with Gasteiger partial charge < -0.3 is 20.6 Å². The lowest BCUT2D eigenvalue weighted by atomic mass is 9.99. The van der Waals surface area contributed by atoms with E-state index in [-0.39, 0.29) is 5.56 Å². The van der Waals surface area contributed by atoms with E-state index in [4.69, 9.17) is 0 Å². The molecule has 4 N–H and O–H groups in total. The second-order valence-corrected chi connectivity index (χ2v) is 8.43. The highest BCUT2D eigenvalue weighted by Crippen LogP contribution is 2.37. The average molecular weight is 434 g/mol. The molecule has 0 fully saturated rings. The van der Waals surface area contributed by atoms with Gasteiger partial charge in [0.2, 0.25) is 5.91 Å². The van der Waals surface area contributed by atoms with Crippen LogP contribution in [0.15, 0.2) is 72.8 Å². The molecule has 32 heavy (non-hydrogen) atoms. The predicted molar refractivity (Wildman–Crippen MR) is 122 cm³/mol. The van der Waals surface area contributed by atoms with Gasteiger partial charge in [0.25, 0.3) is 5.91 Å². The molecule has 0 aliphatic rings. The van der Waals surface area contributed by atoms with E-state index in [1.54, 1.807) is 54.6 Å². The standard InChI is InChI=1S/C25H26N2O5/c1-25(2,3)26-23(31)21(16-10-6-4-7-11-16)27(18-12-8-5-9-13-18)24(32)17-14-19(28)22(30)20(29)15-17/h4-15,21,28-30H,1-3H3,(H,26,31). The van der Waals surface area contributed by atoms with E-state index in [9.17, 15) is 24.9 Å². The van der Waals surface area contributed by atoms with Crippen LogP contribution in [0, 0.1) is 0 Å². The fourth-order valence-corrected chi connectivity index (χ4v) is 3.33. The monoisotopic (exact) mass is 434 g/mol. The second-order valence-electron chi connectivity index (χ2n) is 8.43. The molecule has 0 aliphatic carbocycles. The van der Waals surface area contributed by atoms with Crippen molar-refractivity contribution >= 4 is 17.5 Å². The van der Waals surface area contributed by atoms with Gasteiger partial charge in [-0.05, 0) is 50.6 Å². The van der Waals surface area contributed by atoms with Gasteiger partial charge in [0.15, 0.2) is 17.2 Å². The Hall–Kier alpha value is -4.00. The van der Waals surface area contributed by atoms with Crippen LogP contribution in [0.4, 0.5) is 5.69 Å². The number of nitrogens with zero attached hydrogens (tertiary/aromatic N) is 1. The first-order chi connectivity index (χ1) is 15.1. The molecule has 2 amide bonds. The third-order valence-electron chi connectivity index (χ3n) is 4.69. The molecule has 0 saturated heterocycles. The number of nitrogens with one attached hydrogen (secondary N) is 1. The van der Waals surface area contributed by atoms with E-state index in [1.165, 1.54) is 4.90 Å². The summed E-state index contributed by atoms with van der Waals surface area (Å²) in [7, 11) is 0. The first-order valence-corrected chi connectivity index (χ1v) is 10.1. The molecule has 0 saturated carbocycles. The number of amides is 2. The Morgan fingerprint density at radius 2 is 1.34 bits per heavy atom. The van der Waals surface area contributed by atoms with Gasteiger partial charge in [-0.15, -0.1) is 0 Å². The number of carbonyl (C=O) groups excluding carboxylic acids is 2. The molecule has 7 nitrogen and oxygen atoms in total. The summed E-state index contributed by atoms with van der Waals surface area (Å²) in [5.41, 5.74) is 0.386. The summed E-state index contributed by atoms with van der Waals surface area (Å²) in [6, 6.07) is 18.6. The molecule has 166 valence electrons. The fraction of sp³-hybridized carbons (Fsp3) is 0.200. The number of carbonyl (C=O) groups is 2. The summed E-state index contributed by atoms with van der Waals surface area (Å²) in [5, 5.41) is 32.5. The number of para-hydroxylation sites is 1. The number of rotatable bonds is 5. The Morgan fingerprint density at radius 1 is 0.844 bits per heavy atom. The Bertz CT molecular complexity index is 1090. The summed E-state index contributed by atoms with van der Waals surface area (Å²) in [5.74, 6) is -3.04. The highest BCUT2D eigenvalue weighted by Gasteiger charge is 2.35. The quantitative estimate of drug-likeness (QED) is 0.452. The highest BCUT2D eigenvalue weighted by molar-refractivity contribution is 6.10. The van der Waals surface area contributed by atoms with Crippen LogP contribution >= 0.6 is 0 Å². The molecular formula is C25H26N2O5. The molecule has 3 aromatic carbocycles. The molecule has 1 atom stereocenters. The van der Waals surface area contributed by atoms with Crippen LogP contribution in [-0.4, -0.2) is 32.7 Å². The minimum atomic E-state index is -1.04. The van der Waals surface area contributed by atoms with Crippen molar-refractivity contribution in [3.63, 3.8) is 0 Å². The molecule has 0 aliphatic heterocycles. The van der Waals surface area contributed by atoms with Gasteiger partial charge in [-0.1, -0.05) is 48.5 Å². The number of aromatic hydroxyl groups is 3. The van der Waals surface area contributed by atoms with E-state index in [0.717, 1.165) is 12.1 Å². The van der Waals surface area contributed by atoms with Crippen molar-refractivity contribution in [1.82, 2.24) is 5.32 Å². The number of benzene rings is 3. The molecule has 0 bridgehead atoms. The Balaban J connectivity index is 2.20. The summed E-state index contributed by atoms with van der Waals surface area (Å²) >= 11 is 0.